The minimum atomic E-state index is -0.443. The van der Waals surface area contributed by atoms with Gasteiger partial charge in [0.2, 0.25) is 0 Å². The van der Waals surface area contributed by atoms with Gasteiger partial charge in [-0.1, -0.05) is 18.2 Å². The molecule has 0 atom stereocenters. The van der Waals surface area contributed by atoms with Gasteiger partial charge in [0.1, 0.15) is 5.60 Å². The predicted molar refractivity (Wildman–Crippen MR) is 79.6 cm³/mol. The van der Waals surface area contributed by atoms with Crippen LogP contribution in [0.5, 0.6) is 0 Å². The van der Waals surface area contributed by atoms with E-state index in [1.54, 1.807) is 4.90 Å². The van der Waals surface area contributed by atoms with Crippen molar-refractivity contribution in [1.82, 2.24) is 10.2 Å². The van der Waals surface area contributed by atoms with E-state index >= 15 is 0 Å². The fourth-order valence-corrected chi connectivity index (χ4v) is 2.49. The number of benzene rings is 1. The molecule has 4 heteroatoms. The molecule has 1 N–H and O–H groups in total. The van der Waals surface area contributed by atoms with Crippen molar-refractivity contribution in [2.45, 2.75) is 45.9 Å². The van der Waals surface area contributed by atoms with Crippen LogP contribution in [0, 0.1) is 0 Å². The van der Waals surface area contributed by atoms with E-state index in [-0.39, 0.29) is 6.09 Å². The molecule has 110 valence electrons. The highest BCUT2D eigenvalue weighted by Gasteiger charge is 2.26. The minimum Gasteiger partial charge on any atom is -0.444 e. The van der Waals surface area contributed by atoms with Crippen molar-refractivity contribution >= 4 is 6.09 Å². The van der Waals surface area contributed by atoms with Crippen molar-refractivity contribution in [3.05, 3.63) is 34.9 Å². The summed E-state index contributed by atoms with van der Waals surface area (Å²) in [6.07, 6.45) is 0.675. The Hall–Kier alpha value is -1.55. The third-order valence-corrected chi connectivity index (χ3v) is 3.39. The average Bonchev–Trinajstić information content (AvgIpc) is 2.37. The molecule has 0 aliphatic carbocycles. The molecule has 0 bridgehead atoms. The molecule has 0 fully saturated rings. The first-order valence-corrected chi connectivity index (χ1v) is 7.13. The van der Waals surface area contributed by atoms with E-state index in [1.807, 2.05) is 27.8 Å². The van der Waals surface area contributed by atoms with Gasteiger partial charge in [0.05, 0.1) is 0 Å². The monoisotopic (exact) mass is 276 g/mol. The van der Waals surface area contributed by atoms with Crippen molar-refractivity contribution in [3.63, 3.8) is 0 Å². The number of hydrogen-bond acceptors (Lipinski definition) is 3. The smallest absolute Gasteiger partial charge is 0.410 e. The lowest BCUT2D eigenvalue weighted by Gasteiger charge is -2.32. The summed E-state index contributed by atoms with van der Waals surface area (Å²) in [5.74, 6) is 0. The van der Waals surface area contributed by atoms with Crippen LogP contribution in [-0.2, 0) is 24.2 Å². The van der Waals surface area contributed by atoms with Crippen LogP contribution < -0.4 is 5.32 Å². The van der Waals surface area contributed by atoms with E-state index in [0.29, 0.717) is 6.54 Å². The van der Waals surface area contributed by atoms with Crippen molar-refractivity contribution in [2.24, 2.45) is 0 Å². The molecule has 1 aromatic carbocycles. The molecule has 1 aromatic rings. The fourth-order valence-electron chi connectivity index (χ4n) is 2.49. The summed E-state index contributed by atoms with van der Waals surface area (Å²) in [7, 11) is 1.94. The maximum absolute atomic E-state index is 12.2. The van der Waals surface area contributed by atoms with Gasteiger partial charge in [-0.05, 0) is 50.9 Å². The summed E-state index contributed by atoms with van der Waals surface area (Å²) in [4.78, 5) is 14.0. The minimum absolute atomic E-state index is 0.220. The number of amides is 1. The Morgan fingerprint density at radius 2 is 2.15 bits per heavy atom. The maximum atomic E-state index is 12.2. The Morgan fingerprint density at radius 1 is 1.40 bits per heavy atom. The van der Waals surface area contributed by atoms with E-state index in [4.69, 9.17) is 4.74 Å². The molecule has 0 aromatic heterocycles. The molecule has 0 unspecified atom stereocenters. The van der Waals surface area contributed by atoms with Gasteiger partial charge in [0.15, 0.2) is 0 Å². The van der Waals surface area contributed by atoms with Crippen LogP contribution >= 0.6 is 0 Å². The second-order valence-electron chi connectivity index (χ2n) is 6.24. The van der Waals surface area contributed by atoms with E-state index in [0.717, 1.165) is 19.5 Å². The van der Waals surface area contributed by atoms with Gasteiger partial charge >= 0.3 is 6.09 Å². The molecule has 0 radical (unpaired) electrons. The Morgan fingerprint density at radius 3 is 2.80 bits per heavy atom. The van der Waals surface area contributed by atoms with Crippen molar-refractivity contribution < 1.29 is 9.53 Å². The number of rotatable bonds is 2. The van der Waals surface area contributed by atoms with Crippen molar-refractivity contribution in [1.29, 1.82) is 0 Å². The highest BCUT2D eigenvalue weighted by Crippen LogP contribution is 2.24. The summed E-state index contributed by atoms with van der Waals surface area (Å²) in [6.45, 7) is 7.89. The first kappa shape index (κ1) is 14.9. The summed E-state index contributed by atoms with van der Waals surface area (Å²) in [5, 5.41) is 3.18. The van der Waals surface area contributed by atoms with E-state index in [2.05, 4.69) is 23.5 Å². The zero-order valence-electron chi connectivity index (χ0n) is 12.8. The van der Waals surface area contributed by atoms with Crippen LogP contribution in [0.15, 0.2) is 18.2 Å². The molecule has 4 nitrogen and oxygen atoms in total. The number of carbonyl (C=O) groups is 1. The van der Waals surface area contributed by atoms with Gasteiger partial charge in [-0.3, -0.25) is 0 Å². The second-order valence-corrected chi connectivity index (χ2v) is 6.24. The van der Waals surface area contributed by atoms with Crippen LogP contribution in [-0.4, -0.2) is 30.2 Å². The molecule has 1 aliphatic heterocycles. The molecule has 0 saturated carbocycles. The highest BCUT2D eigenvalue weighted by molar-refractivity contribution is 5.68. The number of ether oxygens (including phenoxy) is 1. The zero-order valence-corrected chi connectivity index (χ0v) is 12.8. The normalized spacial score (nSPS) is 14.9. The van der Waals surface area contributed by atoms with Gasteiger partial charge in [-0.15, -0.1) is 0 Å². The Bertz CT molecular complexity index is 492. The fraction of sp³-hybridized carbons (Fsp3) is 0.562. The molecular weight excluding hydrogens is 252 g/mol. The Labute approximate surface area is 121 Å². The Kier molecular flexibility index (Phi) is 4.33. The lowest BCUT2D eigenvalue weighted by atomic mass is 9.95. The molecule has 1 heterocycles. The standard InChI is InChI=1S/C16H24N2O2/c1-16(2,3)20-15(19)18-9-8-12-6-5-7-13(10-17-4)14(12)11-18/h5-7,17H,8-11H2,1-4H3. The highest BCUT2D eigenvalue weighted by atomic mass is 16.6. The quantitative estimate of drug-likeness (QED) is 0.903. The SMILES string of the molecule is CNCc1cccc2c1CN(C(=O)OC(C)(C)C)CC2. The van der Waals surface area contributed by atoms with Gasteiger partial charge < -0.3 is 15.0 Å². The van der Waals surface area contributed by atoms with Crippen molar-refractivity contribution in [2.75, 3.05) is 13.6 Å². The first-order valence-electron chi connectivity index (χ1n) is 7.13. The van der Waals surface area contributed by atoms with Crippen LogP contribution in [0.25, 0.3) is 0 Å². The van der Waals surface area contributed by atoms with Crippen LogP contribution in [0.3, 0.4) is 0 Å². The number of fused-ring (bicyclic) bond motifs is 1. The van der Waals surface area contributed by atoms with Crippen molar-refractivity contribution in [3.8, 4) is 0 Å². The lowest BCUT2D eigenvalue weighted by molar-refractivity contribution is 0.0223. The molecular formula is C16H24N2O2. The van der Waals surface area contributed by atoms with E-state index in [1.165, 1.54) is 16.7 Å². The summed E-state index contributed by atoms with van der Waals surface area (Å²) < 4.78 is 5.46. The second kappa shape index (κ2) is 5.83. The van der Waals surface area contributed by atoms with E-state index in [9.17, 15) is 4.79 Å². The average molecular weight is 276 g/mol. The van der Waals surface area contributed by atoms with Crippen LogP contribution in [0.1, 0.15) is 37.5 Å². The number of nitrogens with one attached hydrogen (secondary N) is 1. The Balaban J connectivity index is 2.15. The maximum Gasteiger partial charge on any atom is 0.410 e. The molecule has 1 amide bonds. The number of nitrogens with zero attached hydrogens (tertiary/aromatic N) is 1. The van der Waals surface area contributed by atoms with Crippen LogP contribution in [0.4, 0.5) is 4.79 Å². The third-order valence-electron chi connectivity index (χ3n) is 3.39. The first-order chi connectivity index (χ1) is 9.40. The molecule has 0 saturated heterocycles. The summed E-state index contributed by atoms with van der Waals surface area (Å²) in [5.41, 5.74) is 3.43. The zero-order chi connectivity index (χ0) is 14.8. The van der Waals surface area contributed by atoms with E-state index < -0.39 is 5.60 Å². The molecule has 2 rings (SSSR count). The van der Waals surface area contributed by atoms with Gasteiger partial charge in [0.25, 0.3) is 0 Å². The molecule has 0 spiro atoms. The third kappa shape index (κ3) is 3.51. The van der Waals surface area contributed by atoms with Gasteiger partial charge in [-0.25, -0.2) is 4.79 Å². The number of hydrogen-bond donors (Lipinski definition) is 1. The number of carbonyl (C=O) groups excluding carboxylic acids is 1. The molecule has 1 aliphatic rings. The summed E-state index contributed by atoms with van der Waals surface area (Å²) in [6, 6.07) is 6.36. The van der Waals surface area contributed by atoms with Crippen LogP contribution in [0.2, 0.25) is 0 Å². The largest absolute Gasteiger partial charge is 0.444 e. The lowest BCUT2D eigenvalue weighted by Crippen LogP contribution is -2.40. The molecule has 20 heavy (non-hydrogen) atoms. The topological polar surface area (TPSA) is 41.6 Å². The van der Waals surface area contributed by atoms with Gasteiger partial charge in [-0.2, -0.15) is 0 Å². The predicted octanol–water partition coefficient (Wildman–Crippen LogP) is 2.70. The van der Waals surface area contributed by atoms with Gasteiger partial charge in [0, 0.05) is 19.6 Å². The summed E-state index contributed by atoms with van der Waals surface area (Å²) >= 11 is 0.